The van der Waals surface area contributed by atoms with Crippen molar-refractivity contribution in [2.45, 2.75) is 19.1 Å². The average Bonchev–Trinajstić information content (AvgIpc) is 2.55. The number of hydrogen-bond donors (Lipinski definition) is 2. The largest absolute Gasteiger partial charge is 0.465 e. The molecule has 0 atom stereocenters. The van der Waals surface area contributed by atoms with Crippen LogP contribution >= 0.6 is 0 Å². The molecule has 0 saturated carbocycles. The molecule has 132 valence electrons. The second kappa shape index (κ2) is 6.19. The fourth-order valence-corrected chi connectivity index (χ4v) is 2.51. The van der Waals surface area contributed by atoms with Crippen molar-refractivity contribution < 1.29 is 27.5 Å². The summed E-state index contributed by atoms with van der Waals surface area (Å²) in [4.78, 5) is 20.2. The Hall–Kier alpha value is -2.91. The van der Waals surface area contributed by atoms with E-state index >= 15 is 0 Å². The molecule has 2 aromatic rings. The van der Waals surface area contributed by atoms with Gasteiger partial charge < -0.3 is 15.3 Å². The van der Waals surface area contributed by atoms with Gasteiger partial charge in [0.05, 0.1) is 23.5 Å². The fourth-order valence-electron chi connectivity index (χ4n) is 2.51. The molecular formula is C15H12F4N4O2. The molecule has 0 saturated heterocycles. The van der Waals surface area contributed by atoms with Gasteiger partial charge in [-0.3, -0.25) is 0 Å². The number of halogens is 4. The molecular weight excluding hydrogens is 344 g/mol. The van der Waals surface area contributed by atoms with Crippen molar-refractivity contribution in [3.05, 3.63) is 47.0 Å². The summed E-state index contributed by atoms with van der Waals surface area (Å²) in [6.45, 7) is 0.325. The van der Waals surface area contributed by atoms with Crippen molar-refractivity contribution in [3.63, 3.8) is 0 Å². The summed E-state index contributed by atoms with van der Waals surface area (Å²) in [5, 5.41) is 11.5. The van der Waals surface area contributed by atoms with Crippen LogP contribution in [0, 0.1) is 5.82 Å². The average molecular weight is 356 g/mol. The van der Waals surface area contributed by atoms with E-state index in [-0.39, 0.29) is 18.2 Å². The molecule has 1 aliphatic heterocycles. The van der Waals surface area contributed by atoms with Gasteiger partial charge in [0.15, 0.2) is 0 Å². The Balaban J connectivity index is 1.90. The van der Waals surface area contributed by atoms with Crippen LogP contribution in [0.3, 0.4) is 0 Å². The van der Waals surface area contributed by atoms with Gasteiger partial charge in [-0.05, 0) is 30.2 Å². The van der Waals surface area contributed by atoms with Crippen molar-refractivity contribution >= 4 is 17.7 Å². The zero-order valence-corrected chi connectivity index (χ0v) is 12.6. The van der Waals surface area contributed by atoms with Crippen LogP contribution in [0.1, 0.15) is 16.8 Å². The highest BCUT2D eigenvalue weighted by molar-refractivity contribution is 5.65. The second-order valence-corrected chi connectivity index (χ2v) is 5.43. The second-order valence-electron chi connectivity index (χ2n) is 5.43. The lowest BCUT2D eigenvalue weighted by Crippen LogP contribution is -2.35. The van der Waals surface area contributed by atoms with Crippen molar-refractivity contribution in [2.24, 2.45) is 0 Å². The van der Waals surface area contributed by atoms with Crippen molar-refractivity contribution in [1.29, 1.82) is 0 Å². The normalized spacial score (nSPS) is 14.2. The summed E-state index contributed by atoms with van der Waals surface area (Å²) in [5.74, 6) is -1.13. The fraction of sp³-hybridized carbons (Fsp3) is 0.267. The third-order valence-electron chi connectivity index (χ3n) is 3.75. The van der Waals surface area contributed by atoms with Crippen LogP contribution in [0.5, 0.6) is 0 Å². The number of carboxylic acid groups (broad SMARTS) is 1. The highest BCUT2D eigenvalue weighted by atomic mass is 19.4. The van der Waals surface area contributed by atoms with Crippen LogP contribution in [0.2, 0.25) is 0 Å². The summed E-state index contributed by atoms with van der Waals surface area (Å²) in [6.07, 6.45) is -3.98. The first-order valence-electron chi connectivity index (χ1n) is 7.20. The van der Waals surface area contributed by atoms with Crippen LogP contribution in [0.25, 0.3) is 0 Å². The Bertz CT molecular complexity index is 826. The predicted molar refractivity (Wildman–Crippen MR) is 78.9 cm³/mol. The maximum absolute atomic E-state index is 13.1. The Morgan fingerprint density at radius 1 is 1.32 bits per heavy atom. The molecule has 2 N–H and O–H groups in total. The molecule has 25 heavy (non-hydrogen) atoms. The van der Waals surface area contributed by atoms with Gasteiger partial charge in [0.25, 0.3) is 0 Å². The summed E-state index contributed by atoms with van der Waals surface area (Å²) in [7, 11) is 0. The van der Waals surface area contributed by atoms with Crippen LogP contribution < -0.4 is 5.32 Å². The topological polar surface area (TPSA) is 78.3 Å². The predicted octanol–water partition coefficient (Wildman–Crippen LogP) is 3.41. The first-order valence-corrected chi connectivity index (χ1v) is 7.20. The van der Waals surface area contributed by atoms with Crippen LogP contribution in [0.15, 0.2) is 24.4 Å². The van der Waals surface area contributed by atoms with E-state index in [0.29, 0.717) is 24.7 Å². The molecule has 2 heterocycles. The lowest BCUT2D eigenvalue weighted by atomic mass is 10.1. The van der Waals surface area contributed by atoms with Crippen LogP contribution in [-0.2, 0) is 19.1 Å². The number of anilines is 2. The van der Waals surface area contributed by atoms with Gasteiger partial charge >= 0.3 is 12.3 Å². The molecule has 0 fully saturated rings. The molecule has 0 bridgehead atoms. The quantitative estimate of drug-likeness (QED) is 0.807. The Labute approximate surface area is 139 Å². The lowest BCUT2D eigenvalue weighted by Gasteiger charge is -2.25. The van der Waals surface area contributed by atoms with Crippen molar-refractivity contribution in [1.82, 2.24) is 14.9 Å². The van der Waals surface area contributed by atoms with E-state index in [9.17, 15) is 22.4 Å². The number of fused-ring (bicyclic) bond motifs is 1. The summed E-state index contributed by atoms with van der Waals surface area (Å²) < 4.78 is 52.2. The van der Waals surface area contributed by atoms with Gasteiger partial charge in [0.2, 0.25) is 5.95 Å². The number of nitrogens with zero attached hydrogens (tertiary/aromatic N) is 3. The zero-order valence-electron chi connectivity index (χ0n) is 12.6. The minimum Gasteiger partial charge on any atom is -0.465 e. The van der Waals surface area contributed by atoms with E-state index < -0.39 is 23.7 Å². The molecule has 0 aliphatic carbocycles. The van der Waals surface area contributed by atoms with E-state index in [2.05, 4.69) is 15.3 Å². The number of carbonyl (C=O) groups is 1. The SMILES string of the molecule is O=C(O)N1CCc2cnc(Nc3ccc(F)cc3C(F)(F)F)nc2C1. The van der Waals surface area contributed by atoms with Crippen molar-refractivity contribution in [3.8, 4) is 0 Å². The van der Waals surface area contributed by atoms with E-state index in [0.717, 1.165) is 22.6 Å². The van der Waals surface area contributed by atoms with Gasteiger partial charge in [-0.2, -0.15) is 13.2 Å². The summed E-state index contributed by atoms with van der Waals surface area (Å²) >= 11 is 0. The van der Waals surface area contributed by atoms with E-state index in [4.69, 9.17) is 5.11 Å². The molecule has 0 radical (unpaired) electrons. The Kier molecular flexibility index (Phi) is 4.19. The molecule has 1 amide bonds. The maximum Gasteiger partial charge on any atom is 0.418 e. The Morgan fingerprint density at radius 2 is 2.08 bits per heavy atom. The number of amides is 1. The van der Waals surface area contributed by atoms with Gasteiger partial charge in [-0.1, -0.05) is 0 Å². The zero-order chi connectivity index (χ0) is 18.2. The van der Waals surface area contributed by atoms with E-state index in [1.165, 1.54) is 6.20 Å². The summed E-state index contributed by atoms with van der Waals surface area (Å²) in [5.41, 5.74) is -0.416. The number of benzene rings is 1. The number of nitrogens with one attached hydrogen (secondary N) is 1. The Morgan fingerprint density at radius 3 is 2.76 bits per heavy atom. The van der Waals surface area contributed by atoms with Gasteiger partial charge in [0.1, 0.15) is 5.82 Å². The van der Waals surface area contributed by atoms with Crippen LogP contribution in [0.4, 0.5) is 34.0 Å². The maximum atomic E-state index is 13.1. The minimum absolute atomic E-state index is 0.0252. The summed E-state index contributed by atoms with van der Waals surface area (Å²) in [6, 6.07) is 2.22. The lowest BCUT2D eigenvalue weighted by molar-refractivity contribution is -0.137. The van der Waals surface area contributed by atoms with Crippen molar-refractivity contribution in [2.75, 3.05) is 11.9 Å². The first kappa shape index (κ1) is 16.9. The number of alkyl halides is 3. The molecule has 6 nitrogen and oxygen atoms in total. The van der Waals surface area contributed by atoms with E-state index in [1.807, 2.05) is 0 Å². The first-order chi connectivity index (χ1) is 11.7. The van der Waals surface area contributed by atoms with E-state index in [1.54, 1.807) is 0 Å². The number of hydrogen-bond acceptors (Lipinski definition) is 4. The molecule has 1 aromatic heterocycles. The van der Waals surface area contributed by atoms with Gasteiger partial charge in [0, 0.05) is 12.7 Å². The smallest absolute Gasteiger partial charge is 0.418 e. The third kappa shape index (κ3) is 3.62. The van der Waals surface area contributed by atoms with Gasteiger partial charge in [-0.25, -0.2) is 19.2 Å². The molecule has 0 spiro atoms. The molecule has 10 heteroatoms. The minimum atomic E-state index is -4.75. The molecule has 3 rings (SSSR count). The highest BCUT2D eigenvalue weighted by Crippen LogP contribution is 2.36. The number of rotatable bonds is 2. The third-order valence-corrected chi connectivity index (χ3v) is 3.75. The van der Waals surface area contributed by atoms with Crippen LogP contribution in [-0.4, -0.2) is 32.6 Å². The molecule has 1 aromatic carbocycles. The highest BCUT2D eigenvalue weighted by Gasteiger charge is 2.34. The standard InChI is InChI=1S/C15H12F4N4O2/c16-9-1-2-11(10(5-9)15(17,18)19)21-13-20-6-8-3-4-23(14(24)25)7-12(8)22-13/h1-2,5-6H,3-4,7H2,(H,24,25)(H,20,21,22). The monoisotopic (exact) mass is 356 g/mol. The molecule has 1 aliphatic rings. The molecule has 0 unspecified atom stereocenters. The number of aromatic nitrogens is 2. The van der Waals surface area contributed by atoms with Gasteiger partial charge in [-0.15, -0.1) is 0 Å².